The standard InChI is InChI=1S/C16H20N2O3/c19-15(10-13-6-9-21-12-13)17-7-8-18(16(20)11-17)14-4-2-1-3-5-14/h1-5,13H,6-12H2. The molecule has 3 rings (SSSR count). The third-order valence-corrected chi connectivity index (χ3v) is 4.13. The van der Waals surface area contributed by atoms with E-state index in [2.05, 4.69) is 0 Å². The maximum absolute atomic E-state index is 12.3. The van der Waals surface area contributed by atoms with Crippen molar-refractivity contribution in [1.29, 1.82) is 0 Å². The third-order valence-electron chi connectivity index (χ3n) is 4.13. The summed E-state index contributed by atoms with van der Waals surface area (Å²) in [4.78, 5) is 27.9. The smallest absolute Gasteiger partial charge is 0.246 e. The van der Waals surface area contributed by atoms with Crippen molar-refractivity contribution in [2.24, 2.45) is 5.92 Å². The van der Waals surface area contributed by atoms with Gasteiger partial charge in [-0.15, -0.1) is 0 Å². The number of para-hydroxylation sites is 1. The molecule has 2 aliphatic rings. The molecule has 0 N–H and O–H groups in total. The number of hydrogen-bond acceptors (Lipinski definition) is 3. The van der Waals surface area contributed by atoms with E-state index in [0.717, 1.165) is 18.7 Å². The van der Waals surface area contributed by atoms with E-state index in [1.165, 1.54) is 0 Å². The number of piperazine rings is 1. The second-order valence-corrected chi connectivity index (χ2v) is 5.63. The monoisotopic (exact) mass is 288 g/mol. The summed E-state index contributed by atoms with van der Waals surface area (Å²) in [5.74, 6) is 0.384. The minimum Gasteiger partial charge on any atom is -0.381 e. The first kappa shape index (κ1) is 14.1. The molecule has 0 bridgehead atoms. The summed E-state index contributed by atoms with van der Waals surface area (Å²) in [7, 11) is 0. The van der Waals surface area contributed by atoms with Gasteiger partial charge >= 0.3 is 0 Å². The Hall–Kier alpha value is -1.88. The minimum atomic E-state index is -0.0107. The molecular formula is C16H20N2O3. The summed E-state index contributed by atoms with van der Waals surface area (Å²) in [6.07, 6.45) is 1.45. The van der Waals surface area contributed by atoms with Crippen LogP contribution in [0.4, 0.5) is 5.69 Å². The number of anilines is 1. The number of benzene rings is 1. The van der Waals surface area contributed by atoms with Gasteiger partial charge in [-0.25, -0.2) is 0 Å². The van der Waals surface area contributed by atoms with E-state index in [1.807, 2.05) is 30.3 Å². The van der Waals surface area contributed by atoms with Gasteiger partial charge in [-0.2, -0.15) is 0 Å². The largest absolute Gasteiger partial charge is 0.381 e. The topological polar surface area (TPSA) is 49.9 Å². The third kappa shape index (κ3) is 3.24. The molecule has 5 heteroatoms. The van der Waals surface area contributed by atoms with Crippen LogP contribution in [-0.2, 0) is 14.3 Å². The van der Waals surface area contributed by atoms with Gasteiger partial charge in [-0.3, -0.25) is 9.59 Å². The van der Waals surface area contributed by atoms with Crippen LogP contribution in [0.5, 0.6) is 0 Å². The van der Waals surface area contributed by atoms with Crippen molar-refractivity contribution in [2.75, 3.05) is 37.7 Å². The molecule has 0 aromatic heterocycles. The van der Waals surface area contributed by atoms with E-state index < -0.39 is 0 Å². The van der Waals surface area contributed by atoms with Gasteiger partial charge in [0.1, 0.15) is 6.54 Å². The number of rotatable bonds is 3. The second-order valence-electron chi connectivity index (χ2n) is 5.63. The first-order valence-corrected chi connectivity index (χ1v) is 7.45. The van der Waals surface area contributed by atoms with Crippen molar-refractivity contribution < 1.29 is 14.3 Å². The van der Waals surface area contributed by atoms with Crippen LogP contribution in [0, 0.1) is 5.92 Å². The highest BCUT2D eigenvalue weighted by atomic mass is 16.5. The lowest BCUT2D eigenvalue weighted by molar-refractivity contribution is -0.137. The van der Waals surface area contributed by atoms with Crippen molar-refractivity contribution in [3.05, 3.63) is 30.3 Å². The Balaban J connectivity index is 1.57. The van der Waals surface area contributed by atoms with Crippen LogP contribution in [0.15, 0.2) is 30.3 Å². The lowest BCUT2D eigenvalue weighted by atomic mass is 10.0. The average molecular weight is 288 g/mol. The highest BCUT2D eigenvalue weighted by Gasteiger charge is 2.29. The maximum Gasteiger partial charge on any atom is 0.246 e. The lowest BCUT2D eigenvalue weighted by Gasteiger charge is -2.34. The predicted octanol–water partition coefficient (Wildman–Crippen LogP) is 1.29. The molecule has 2 aliphatic heterocycles. The number of carbonyl (C=O) groups excluding carboxylic acids is 2. The van der Waals surface area contributed by atoms with Gasteiger partial charge in [-0.1, -0.05) is 18.2 Å². The SMILES string of the molecule is O=C(CC1CCOC1)N1CCN(c2ccccc2)C(=O)C1. The molecule has 0 saturated carbocycles. The first-order valence-electron chi connectivity index (χ1n) is 7.45. The van der Waals surface area contributed by atoms with Crippen LogP contribution in [-0.4, -0.2) is 49.6 Å². The van der Waals surface area contributed by atoms with Gasteiger partial charge in [0.05, 0.1) is 0 Å². The van der Waals surface area contributed by atoms with Crippen molar-refractivity contribution in [3.63, 3.8) is 0 Å². The van der Waals surface area contributed by atoms with Crippen molar-refractivity contribution in [3.8, 4) is 0 Å². The summed E-state index contributed by atoms with van der Waals surface area (Å²) >= 11 is 0. The lowest BCUT2D eigenvalue weighted by Crippen LogP contribution is -2.52. The average Bonchev–Trinajstić information content (AvgIpc) is 3.01. The summed E-state index contributed by atoms with van der Waals surface area (Å²) in [6.45, 7) is 2.77. The number of nitrogens with zero attached hydrogens (tertiary/aromatic N) is 2. The number of hydrogen-bond donors (Lipinski definition) is 0. The Kier molecular flexibility index (Phi) is 4.20. The van der Waals surface area contributed by atoms with Gasteiger partial charge in [-0.05, 0) is 24.5 Å². The Morgan fingerprint density at radius 3 is 2.71 bits per heavy atom. The molecule has 1 aromatic carbocycles. The van der Waals surface area contributed by atoms with Crippen LogP contribution in [0.2, 0.25) is 0 Å². The quantitative estimate of drug-likeness (QED) is 0.842. The molecular weight excluding hydrogens is 268 g/mol. The van der Waals surface area contributed by atoms with E-state index >= 15 is 0 Å². The van der Waals surface area contributed by atoms with E-state index in [4.69, 9.17) is 4.74 Å². The van der Waals surface area contributed by atoms with Crippen molar-refractivity contribution in [1.82, 2.24) is 4.90 Å². The van der Waals surface area contributed by atoms with Crippen molar-refractivity contribution >= 4 is 17.5 Å². The van der Waals surface area contributed by atoms with Crippen LogP contribution in [0.25, 0.3) is 0 Å². The second kappa shape index (κ2) is 6.26. The molecule has 1 aromatic rings. The Bertz CT molecular complexity index is 512. The first-order chi connectivity index (χ1) is 10.2. The van der Waals surface area contributed by atoms with Crippen molar-refractivity contribution in [2.45, 2.75) is 12.8 Å². The molecule has 112 valence electrons. The Morgan fingerprint density at radius 2 is 2.05 bits per heavy atom. The summed E-state index contributed by atoms with van der Waals surface area (Å²) in [5, 5.41) is 0. The molecule has 0 spiro atoms. The van der Waals surface area contributed by atoms with Crippen LogP contribution in [0.3, 0.4) is 0 Å². The van der Waals surface area contributed by atoms with Gasteiger partial charge in [0.2, 0.25) is 11.8 Å². The van der Waals surface area contributed by atoms with Crippen LogP contribution < -0.4 is 4.90 Å². The molecule has 1 unspecified atom stereocenters. The van der Waals surface area contributed by atoms with Crippen LogP contribution >= 0.6 is 0 Å². The number of amides is 2. The molecule has 5 nitrogen and oxygen atoms in total. The van der Waals surface area contributed by atoms with E-state index in [-0.39, 0.29) is 18.4 Å². The Morgan fingerprint density at radius 1 is 1.24 bits per heavy atom. The fraction of sp³-hybridized carbons (Fsp3) is 0.500. The summed E-state index contributed by atoms with van der Waals surface area (Å²) < 4.78 is 5.30. The van der Waals surface area contributed by atoms with E-state index in [0.29, 0.717) is 32.0 Å². The highest BCUT2D eigenvalue weighted by molar-refractivity contribution is 5.97. The van der Waals surface area contributed by atoms with Gasteiger partial charge in [0, 0.05) is 38.4 Å². The Labute approximate surface area is 124 Å². The number of ether oxygens (including phenoxy) is 1. The molecule has 2 heterocycles. The maximum atomic E-state index is 12.3. The number of carbonyl (C=O) groups is 2. The molecule has 0 aliphatic carbocycles. The fourth-order valence-corrected chi connectivity index (χ4v) is 2.89. The molecule has 1 atom stereocenters. The van der Waals surface area contributed by atoms with Gasteiger partial charge in [0.15, 0.2) is 0 Å². The molecule has 2 saturated heterocycles. The minimum absolute atomic E-state index is 0.0107. The van der Waals surface area contributed by atoms with Crippen LogP contribution in [0.1, 0.15) is 12.8 Å². The van der Waals surface area contributed by atoms with E-state index in [1.54, 1.807) is 9.80 Å². The molecule has 0 radical (unpaired) electrons. The van der Waals surface area contributed by atoms with Gasteiger partial charge in [0.25, 0.3) is 0 Å². The van der Waals surface area contributed by atoms with Gasteiger partial charge < -0.3 is 14.5 Å². The molecule has 21 heavy (non-hydrogen) atoms. The zero-order chi connectivity index (χ0) is 14.7. The predicted molar refractivity (Wildman–Crippen MR) is 78.9 cm³/mol. The molecule has 2 amide bonds. The fourth-order valence-electron chi connectivity index (χ4n) is 2.89. The molecule has 2 fully saturated rings. The normalized spacial score (nSPS) is 22.7. The van der Waals surface area contributed by atoms with E-state index in [9.17, 15) is 9.59 Å². The summed E-state index contributed by atoms with van der Waals surface area (Å²) in [5.41, 5.74) is 0.902. The summed E-state index contributed by atoms with van der Waals surface area (Å²) in [6, 6.07) is 9.61. The zero-order valence-corrected chi connectivity index (χ0v) is 12.0. The highest BCUT2D eigenvalue weighted by Crippen LogP contribution is 2.20. The zero-order valence-electron chi connectivity index (χ0n) is 12.0.